The quantitative estimate of drug-likeness (QED) is 0.519. The number of alkyl halides is 3. The number of pyridine rings is 1. The second kappa shape index (κ2) is 3.62. The Labute approximate surface area is 76.8 Å². The van der Waals surface area contributed by atoms with Gasteiger partial charge in [0.15, 0.2) is 0 Å². The maximum Gasteiger partial charge on any atom is 0.421 e. The Morgan fingerprint density at radius 2 is 2.07 bits per heavy atom. The molecule has 1 rings (SSSR count). The van der Waals surface area contributed by atoms with E-state index >= 15 is 0 Å². The van der Waals surface area contributed by atoms with E-state index in [4.69, 9.17) is 5.26 Å². The molecule has 6 heteroatoms. The van der Waals surface area contributed by atoms with Crippen LogP contribution in [0.5, 0.6) is 0 Å². The molecule has 0 aliphatic heterocycles. The normalized spacial score (nSPS) is 11.1. The van der Waals surface area contributed by atoms with Gasteiger partial charge in [0, 0.05) is 6.20 Å². The highest BCUT2D eigenvalue weighted by molar-refractivity contribution is 5.29. The van der Waals surface area contributed by atoms with Crippen molar-refractivity contribution in [3.05, 3.63) is 29.3 Å². The van der Waals surface area contributed by atoms with Gasteiger partial charge in [-0.25, -0.2) is 4.98 Å². The van der Waals surface area contributed by atoms with Crippen LogP contribution in [-0.4, -0.2) is 4.98 Å². The molecule has 0 aromatic carbocycles. The van der Waals surface area contributed by atoms with Gasteiger partial charge in [-0.15, -0.1) is 0 Å². The lowest BCUT2D eigenvalue weighted by Gasteiger charge is -2.10. The van der Waals surface area contributed by atoms with Crippen molar-refractivity contribution >= 4 is 0 Å². The monoisotopic (exact) mass is 204 g/mol. The molecule has 0 atom stereocenters. The van der Waals surface area contributed by atoms with Crippen molar-refractivity contribution in [2.24, 2.45) is 0 Å². The molecule has 2 nitrogen and oxygen atoms in total. The highest BCUT2D eigenvalue weighted by Crippen LogP contribution is 2.33. The van der Waals surface area contributed by atoms with Gasteiger partial charge in [-0.3, -0.25) is 0 Å². The Morgan fingerprint density at radius 1 is 1.43 bits per heavy atom. The van der Waals surface area contributed by atoms with Crippen LogP contribution >= 0.6 is 0 Å². The third kappa shape index (κ3) is 1.99. The number of rotatable bonds is 1. The lowest BCUT2D eigenvalue weighted by Crippen LogP contribution is -2.13. The predicted molar refractivity (Wildman–Crippen MR) is 38.5 cm³/mol. The van der Waals surface area contributed by atoms with Crippen LogP contribution in [0.1, 0.15) is 11.1 Å². The fourth-order valence-electron chi connectivity index (χ4n) is 1.00. The molecule has 1 aromatic heterocycles. The molecule has 0 unspecified atom stereocenters. The predicted octanol–water partition coefficient (Wildman–Crippen LogP) is 2.31. The first-order valence-corrected chi connectivity index (χ1v) is 3.54. The van der Waals surface area contributed by atoms with Crippen molar-refractivity contribution in [3.8, 4) is 6.07 Å². The van der Waals surface area contributed by atoms with E-state index < -0.39 is 29.7 Å². The fourth-order valence-corrected chi connectivity index (χ4v) is 1.00. The van der Waals surface area contributed by atoms with E-state index in [-0.39, 0.29) is 0 Å². The summed E-state index contributed by atoms with van der Waals surface area (Å²) in [4.78, 5) is 2.89. The zero-order valence-corrected chi connectivity index (χ0v) is 6.77. The maximum atomic E-state index is 12.7. The summed E-state index contributed by atoms with van der Waals surface area (Å²) in [6, 6.07) is 2.51. The number of hydrogen-bond acceptors (Lipinski definition) is 2. The van der Waals surface area contributed by atoms with Crippen LogP contribution in [0.15, 0.2) is 12.3 Å². The number of aromatic nitrogens is 1. The highest BCUT2D eigenvalue weighted by atomic mass is 19.4. The third-order valence-corrected chi connectivity index (χ3v) is 1.54. The van der Waals surface area contributed by atoms with E-state index in [0.717, 1.165) is 12.3 Å². The van der Waals surface area contributed by atoms with E-state index in [1.54, 1.807) is 0 Å². The summed E-state index contributed by atoms with van der Waals surface area (Å²) < 4.78 is 49.5. The molecule has 0 aliphatic rings. The third-order valence-electron chi connectivity index (χ3n) is 1.54. The zero-order chi connectivity index (χ0) is 10.8. The minimum Gasteiger partial charge on any atom is -0.228 e. The molecule has 0 N–H and O–H groups in total. The maximum absolute atomic E-state index is 12.7. The van der Waals surface area contributed by atoms with Gasteiger partial charge < -0.3 is 0 Å². The van der Waals surface area contributed by atoms with Crippen molar-refractivity contribution < 1.29 is 17.6 Å². The first-order valence-electron chi connectivity index (χ1n) is 3.54. The van der Waals surface area contributed by atoms with Gasteiger partial charge in [0.25, 0.3) is 0 Å². The second-order valence-electron chi connectivity index (χ2n) is 2.47. The summed E-state index contributed by atoms with van der Waals surface area (Å²) in [7, 11) is 0. The van der Waals surface area contributed by atoms with Gasteiger partial charge in [-0.2, -0.15) is 22.8 Å². The van der Waals surface area contributed by atoms with Crippen molar-refractivity contribution in [1.29, 1.82) is 5.26 Å². The molecule has 0 saturated carbocycles. The SMILES string of the molecule is N#CCc1ccnc(F)c1C(F)(F)F. The summed E-state index contributed by atoms with van der Waals surface area (Å²) in [5.74, 6) is -1.59. The molecule has 0 saturated heterocycles. The van der Waals surface area contributed by atoms with E-state index in [9.17, 15) is 17.6 Å². The Kier molecular flexibility index (Phi) is 2.70. The molecule has 0 amide bonds. The van der Waals surface area contributed by atoms with E-state index in [0.29, 0.717) is 0 Å². The largest absolute Gasteiger partial charge is 0.421 e. The molecule has 0 radical (unpaired) electrons. The molecule has 74 valence electrons. The molecular formula is C8H4F4N2. The first kappa shape index (κ1) is 10.4. The molecule has 0 bridgehead atoms. The van der Waals surface area contributed by atoms with Crippen molar-refractivity contribution in [2.45, 2.75) is 12.6 Å². The Bertz CT molecular complexity index is 378. The molecule has 0 fully saturated rings. The first-order chi connectivity index (χ1) is 6.46. The van der Waals surface area contributed by atoms with Crippen LogP contribution in [0, 0.1) is 17.3 Å². The van der Waals surface area contributed by atoms with Crippen LogP contribution in [-0.2, 0) is 12.6 Å². The van der Waals surface area contributed by atoms with Crippen LogP contribution < -0.4 is 0 Å². The van der Waals surface area contributed by atoms with Crippen molar-refractivity contribution in [1.82, 2.24) is 4.98 Å². The van der Waals surface area contributed by atoms with Gasteiger partial charge in [0.2, 0.25) is 5.95 Å². The van der Waals surface area contributed by atoms with Crippen LogP contribution in [0.25, 0.3) is 0 Å². The van der Waals surface area contributed by atoms with Crippen LogP contribution in [0.4, 0.5) is 17.6 Å². The van der Waals surface area contributed by atoms with Crippen LogP contribution in [0.3, 0.4) is 0 Å². The smallest absolute Gasteiger partial charge is 0.228 e. The second-order valence-corrected chi connectivity index (χ2v) is 2.47. The lowest BCUT2D eigenvalue weighted by molar-refractivity contribution is -0.141. The molecule has 1 heterocycles. The average molecular weight is 204 g/mol. The summed E-state index contributed by atoms with van der Waals surface area (Å²) in [6.45, 7) is 0. The standard InChI is InChI=1S/C8H4F4N2/c9-7-6(8(10,11)12)5(1-3-13)2-4-14-7/h2,4H,1H2. The van der Waals surface area contributed by atoms with Gasteiger partial charge >= 0.3 is 6.18 Å². The zero-order valence-electron chi connectivity index (χ0n) is 6.77. The van der Waals surface area contributed by atoms with Gasteiger partial charge in [0.1, 0.15) is 5.56 Å². The molecule has 1 aromatic rings. The van der Waals surface area contributed by atoms with Crippen molar-refractivity contribution in [2.75, 3.05) is 0 Å². The Morgan fingerprint density at radius 3 is 2.57 bits per heavy atom. The minimum atomic E-state index is -4.81. The van der Waals surface area contributed by atoms with Crippen LogP contribution in [0.2, 0.25) is 0 Å². The minimum absolute atomic E-state index is 0.396. The van der Waals surface area contributed by atoms with Gasteiger partial charge in [0.05, 0.1) is 12.5 Å². The number of nitrogens with zero attached hydrogens (tertiary/aromatic N) is 2. The number of hydrogen-bond donors (Lipinski definition) is 0. The summed E-state index contributed by atoms with van der Waals surface area (Å²) >= 11 is 0. The number of nitriles is 1. The topological polar surface area (TPSA) is 36.7 Å². The van der Waals surface area contributed by atoms with Gasteiger partial charge in [-0.1, -0.05) is 0 Å². The summed E-state index contributed by atoms with van der Waals surface area (Å²) in [6.07, 6.45) is -4.41. The van der Waals surface area contributed by atoms with E-state index in [1.807, 2.05) is 0 Å². The fraction of sp³-hybridized carbons (Fsp3) is 0.250. The van der Waals surface area contributed by atoms with E-state index in [2.05, 4.69) is 4.98 Å². The molecule has 14 heavy (non-hydrogen) atoms. The molecular weight excluding hydrogens is 200 g/mol. The summed E-state index contributed by atoms with van der Waals surface area (Å²) in [5, 5.41) is 8.24. The van der Waals surface area contributed by atoms with E-state index in [1.165, 1.54) is 6.07 Å². The van der Waals surface area contributed by atoms with Crippen molar-refractivity contribution in [3.63, 3.8) is 0 Å². The average Bonchev–Trinajstić information content (AvgIpc) is 2.02. The highest BCUT2D eigenvalue weighted by Gasteiger charge is 2.37. The number of halogens is 4. The summed E-state index contributed by atoms with van der Waals surface area (Å²) in [5.41, 5.74) is -1.85. The Balaban J connectivity index is 3.31. The molecule has 0 spiro atoms. The Hall–Kier alpha value is -1.64. The van der Waals surface area contributed by atoms with Gasteiger partial charge in [-0.05, 0) is 11.6 Å². The molecule has 0 aliphatic carbocycles. The lowest BCUT2D eigenvalue weighted by atomic mass is 10.1.